The van der Waals surface area contributed by atoms with E-state index in [9.17, 15) is 0 Å². The fraction of sp³-hybridized carbons (Fsp3) is 0.100. The molecule has 1 rings (SSSR count). The molecule has 0 atom stereocenters. The van der Waals surface area contributed by atoms with Crippen LogP contribution in [-0.4, -0.2) is 4.37 Å². The monoisotopic (exact) mass is 177 g/mol. The van der Waals surface area contributed by atoms with E-state index < -0.39 is 0 Å². The van der Waals surface area contributed by atoms with Crippen LogP contribution < -0.4 is 0 Å². The van der Waals surface area contributed by atoms with E-state index in [4.69, 9.17) is 0 Å². The van der Waals surface area contributed by atoms with E-state index in [0.717, 1.165) is 5.69 Å². The van der Waals surface area contributed by atoms with Crippen molar-refractivity contribution in [3.8, 4) is 0 Å². The Kier molecular flexibility index (Phi) is 3.48. The molecule has 0 aromatic carbocycles. The largest absolute Gasteiger partial charge is 0.193 e. The number of hydrogen-bond donors (Lipinski definition) is 0. The van der Waals surface area contributed by atoms with Gasteiger partial charge in [0.1, 0.15) is 0 Å². The van der Waals surface area contributed by atoms with Crippen LogP contribution in [0.15, 0.2) is 42.3 Å². The molecule has 1 aromatic heterocycles. The van der Waals surface area contributed by atoms with Gasteiger partial charge in [-0.1, -0.05) is 30.9 Å². The van der Waals surface area contributed by atoms with Gasteiger partial charge in [-0.25, -0.2) is 0 Å². The molecule has 2 heteroatoms. The summed E-state index contributed by atoms with van der Waals surface area (Å²) in [4.78, 5) is 0. The van der Waals surface area contributed by atoms with E-state index in [1.807, 2.05) is 36.6 Å². The highest BCUT2D eigenvalue weighted by Gasteiger charge is 1.93. The summed E-state index contributed by atoms with van der Waals surface area (Å²) in [6.45, 7) is 5.63. The van der Waals surface area contributed by atoms with Crippen LogP contribution >= 0.6 is 11.5 Å². The first kappa shape index (κ1) is 8.94. The van der Waals surface area contributed by atoms with Gasteiger partial charge < -0.3 is 0 Å². The van der Waals surface area contributed by atoms with Gasteiger partial charge >= 0.3 is 0 Å². The summed E-state index contributed by atoms with van der Waals surface area (Å²) in [6, 6.07) is 2.01. The number of rotatable bonds is 3. The maximum Gasteiger partial charge on any atom is 0.0797 e. The Labute approximate surface area is 76.9 Å². The molecule has 0 saturated carbocycles. The second kappa shape index (κ2) is 4.67. The van der Waals surface area contributed by atoms with Crippen LogP contribution in [0.3, 0.4) is 0 Å². The molecular formula is C10H11NS. The summed E-state index contributed by atoms with van der Waals surface area (Å²) in [5, 5.41) is 1.98. The Morgan fingerprint density at radius 1 is 1.58 bits per heavy atom. The Bertz CT molecular complexity index is 294. The molecule has 1 nitrogen and oxygen atoms in total. The molecule has 1 aromatic rings. The number of nitrogens with zero attached hydrogens (tertiary/aromatic N) is 1. The van der Waals surface area contributed by atoms with Crippen LogP contribution in [0.25, 0.3) is 5.57 Å². The molecule has 0 aliphatic heterocycles. The molecule has 0 aliphatic rings. The lowest BCUT2D eigenvalue weighted by Gasteiger charge is -1.90. The molecule has 0 aliphatic carbocycles. The van der Waals surface area contributed by atoms with Gasteiger partial charge in [0.15, 0.2) is 0 Å². The maximum absolute atomic E-state index is 4.21. The smallest absolute Gasteiger partial charge is 0.0797 e. The quantitative estimate of drug-likeness (QED) is 0.646. The molecular weight excluding hydrogens is 166 g/mol. The summed E-state index contributed by atoms with van der Waals surface area (Å²) in [5.41, 5.74) is 2.23. The Balaban J connectivity index is 2.71. The number of allylic oxidation sites excluding steroid dienone is 5. The van der Waals surface area contributed by atoms with Crippen molar-refractivity contribution < 1.29 is 0 Å². The summed E-state index contributed by atoms with van der Waals surface area (Å²) in [6.07, 6.45) is 7.64. The predicted molar refractivity (Wildman–Crippen MR) is 55.1 cm³/mol. The number of hydrogen-bond acceptors (Lipinski definition) is 2. The van der Waals surface area contributed by atoms with Gasteiger partial charge in [-0.3, -0.25) is 0 Å². The lowest BCUT2D eigenvalue weighted by molar-refractivity contribution is 1.45. The first-order chi connectivity index (χ1) is 5.84. The minimum atomic E-state index is 1.05. The second-order valence-corrected chi connectivity index (χ2v) is 3.02. The van der Waals surface area contributed by atoms with Crippen molar-refractivity contribution >= 4 is 17.1 Å². The Hall–Kier alpha value is -1.15. The molecule has 0 bridgehead atoms. The minimum Gasteiger partial charge on any atom is -0.193 e. The Morgan fingerprint density at radius 2 is 2.42 bits per heavy atom. The van der Waals surface area contributed by atoms with Crippen LogP contribution in [0, 0.1) is 0 Å². The molecule has 0 fully saturated rings. The van der Waals surface area contributed by atoms with E-state index in [0.29, 0.717) is 0 Å². The number of aromatic nitrogens is 1. The van der Waals surface area contributed by atoms with E-state index in [1.54, 1.807) is 6.08 Å². The predicted octanol–water partition coefficient (Wildman–Crippen LogP) is 3.29. The van der Waals surface area contributed by atoms with Gasteiger partial charge in [-0.05, 0) is 30.1 Å². The average Bonchev–Trinajstić information content (AvgIpc) is 2.56. The van der Waals surface area contributed by atoms with Crippen molar-refractivity contribution in [2.24, 2.45) is 0 Å². The van der Waals surface area contributed by atoms with Gasteiger partial charge in [0, 0.05) is 5.38 Å². The zero-order valence-corrected chi connectivity index (χ0v) is 7.84. The van der Waals surface area contributed by atoms with Crippen molar-refractivity contribution in [3.63, 3.8) is 0 Å². The van der Waals surface area contributed by atoms with E-state index in [1.165, 1.54) is 17.1 Å². The van der Waals surface area contributed by atoms with Crippen LogP contribution in [0.2, 0.25) is 0 Å². The molecule has 0 N–H and O–H groups in total. The zero-order chi connectivity index (χ0) is 8.81. The summed E-state index contributed by atoms with van der Waals surface area (Å²) < 4.78 is 4.21. The first-order valence-corrected chi connectivity index (χ1v) is 4.55. The highest BCUT2D eigenvalue weighted by molar-refractivity contribution is 7.03. The summed E-state index contributed by atoms with van der Waals surface area (Å²) in [5.74, 6) is 0. The van der Waals surface area contributed by atoms with Crippen molar-refractivity contribution in [1.82, 2.24) is 4.37 Å². The SMILES string of the molecule is C=C/C=C\C=C(/C)c1ccsn1. The highest BCUT2D eigenvalue weighted by atomic mass is 32.1. The van der Waals surface area contributed by atoms with Gasteiger partial charge in [0.2, 0.25) is 0 Å². The van der Waals surface area contributed by atoms with E-state index in [-0.39, 0.29) is 0 Å². The average molecular weight is 177 g/mol. The highest BCUT2D eigenvalue weighted by Crippen LogP contribution is 2.12. The normalized spacial score (nSPS) is 12.2. The molecule has 62 valence electrons. The Morgan fingerprint density at radius 3 is 3.00 bits per heavy atom. The van der Waals surface area contributed by atoms with Gasteiger partial charge in [-0.2, -0.15) is 4.37 Å². The van der Waals surface area contributed by atoms with Crippen molar-refractivity contribution in [3.05, 3.63) is 48.0 Å². The molecule has 0 spiro atoms. The van der Waals surface area contributed by atoms with Crippen molar-refractivity contribution in [2.75, 3.05) is 0 Å². The van der Waals surface area contributed by atoms with Crippen molar-refractivity contribution in [2.45, 2.75) is 6.92 Å². The third-order valence-electron chi connectivity index (χ3n) is 1.44. The molecule has 0 saturated heterocycles. The van der Waals surface area contributed by atoms with Crippen LogP contribution in [0.4, 0.5) is 0 Å². The summed E-state index contributed by atoms with van der Waals surface area (Å²) in [7, 11) is 0. The van der Waals surface area contributed by atoms with Gasteiger partial charge in [-0.15, -0.1) is 0 Å². The zero-order valence-electron chi connectivity index (χ0n) is 7.03. The molecule has 0 amide bonds. The summed E-state index contributed by atoms with van der Waals surface area (Å²) >= 11 is 1.47. The standard InChI is InChI=1S/C10H11NS/c1-3-4-5-6-9(2)10-7-8-12-11-10/h3-8H,1H2,2H3/b5-4-,9-6+. The van der Waals surface area contributed by atoms with Crippen LogP contribution in [-0.2, 0) is 0 Å². The van der Waals surface area contributed by atoms with Gasteiger partial charge in [0.05, 0.1) is 5.69 Å². The van der Waals surface area contributed by atoms with E-state index >= 15 is 0 Å². The van der Waals surface area contributed by atoms with Gasteiger partial charge in [0.25, 0.3) is 0 Å². The maximum atomic E-state index is 4.21. The van der Waals surface area contributed by atoms with Crippen LogP contribution in [0.5, 0.6) is 0 Å². The fourth-order valence-corrected chi connectivity index (χ4v) is 1.35. The minimum absolute atomic E-state index is 1.05. The topological polar surface area (TPSA) is 12.9 Å². The lowest BCUT2D eigenvalue weighted by atomic mass is 10.2. The first-order valence-electron chi connectivity index (χ1n) is 3.71. The lowest BCUT2D eigenvalue weighted by Crippen LogP contribution is -1.74. The molecule has 1 heterocycles. The molecule has 12 heavy (non-hydrogen) atoms. The third-order valence-corrected chi connectivity index (χ3v) is 2.00. The van der Waals surface area contributed by atoms with Crippen molar-refractivity contribution in [1.29, 1.82) is 0 Å². The molecule has 0 unspecified atom stereocenters. The molecule has 0 radical (unpaired) electrons. The second-order valence-electron chi connectivity index (χ2n) is 2.35. The van der Waals surface area contributed by atoms with Crippen LogP contribution in [0.1, 0.15) is 12.6 Å². The fourth-order valence-electron chi connectivity index (χ4n) is 0.780. The third kappa shape index (κ3) is 2.47. The van der Waals surface area contributed by atoms with E-state index in [2.05, 4.69) is 11.0 Å².